The van der Waals surface area contributed by atoms with Gasteiger partial charge in [0.25, 0.3) is 5.91 Å². The van der Waals surface area contributed by atoms with Gasteiger partial charge in [-0.25, -0.2) is 13.6 Å². The molecule has 13 heteroatoms. The first-order valence-electron chi connectivity index (χ1n) is 13.5. The number of fused-ring (bicyclic) bond motifs is 1. The summed E-state index contributed by atoms with van der Waals surface area (Å²) in [6.45, 7) is 0.889. The first-order chi connectivity index (χ1) is 20.0. The van der Waals surface area contributed by atoms with Crippen molar-refractivity contribution in [1.29, 1.82) is 0 Å². The topological polar surface area (TPSA) is 115 Å². The van der Waals surface area contributed by atoms with Crippen molar-refractivity contribution in [2.24, 2.45) is 7.05 Å². The summed E-state index contributed by atoms with van der Waals surface area (Å²) in [6, 6.07) is 8.84. The second-order valence-corrected chi connectivity index (χ2v) is 11.0. The van der Waals surface area contributed by atoms with E-state index in [1.807, 2.05) is 12.1 Å². The molecule has 2 aliphatic rings. The van der Waals surface area contributed by atoms with Gasteiger partial charge in [-0.3, -0.25) is 24.2 Å². The van der Waals surface area contributed by atoms with Crippen molar-refractivity contribution >= 4 is 51.9 Å². The molecule has 2 N–H and O–H groups in total. The second-order valence-electron chi connectivity index (χ2n) is 10.6. The molecule has 1 unspecified atom stereocenters. The minimum absolute atomic E-state index is 0.00188. The zero-order valence-corrected chi connectivity index (χ0v) is 23.7. The fourth-order valence-electron chi connectivity index (χ4n) is 5.62. The Bertz CT molecular complexity index is 1570. The number of para-hydroxylation sites is 1. The van der Waals surface area contributed by atoms with Crippen LogP contribution >= 0.6 is 11.6 Å². The highest BCUT2D eigenvalue weighted by Crippen LogP contribution is 2.35. The van der Waals surface area contributed by atoms with Gasteiger partial charge in [0.1, 0.15) is 5.82 Å². The molecule has 3 aromatic rings. The third-order valence-electron chi connectivity index (χ3n) is 7.85. The molecule has 10 nitrogen and oxygen atoms in total. The van der Waals surface area contributed by atoms with E-state index in [0.717, 1.165) is 16.5 Å². The number of hydrogen-bond acceptors (Lipinski definition) is 5. The molecular weight excluding hydrogens is 572 g/mol. The van der Waals surface area contributed by atoms with Gasteiger partial charge in [0.15, 0.2) is 5.78 Å². The number of carbonyl (C=O) groups excluding carboxylic acids is 3. The summed E-state index contributed by atoms with van der Waals surface area (Å²) in [5, 5.41) is 12.3. The second kappa shape index (κ2) is 11.7. The lowest BCUT2D eigenvalue weighted by molar-refractivity contribution is -0.139. The number of nitrogens with zero attached hydrogens (tertiary/aromatic N) is 4. The van der Waals surface area contributed by atoms with Crippen LogP contribution in [0.5, 0.6) is 0 Å². The Morgan fingerprint density at radius 3 is 2.50 bits per heavy atom. The van der Waals surface area contributed by atoms with Gasteiger partial charge in [-0.2, -0.15) is 0 Å². The molecule has 0 radical (unpaired) electrons. The van der Waals surface area contributed by atoms with E-state index in [0.29, 0.717) is 24.0 Å². The molecule has 42 heavy (non-hydrogen) atoms. The number of aryl methyl sites for hydroxylation is 1. The lowest BCUT2D eigenvalue weighted by Gasteiger charge is -2.39. The first-order valence-corrected chi connectivity index (χ1v) is 13.9. The van der Waals surface area contributed by atoms with Crippen LogP contribution in [0.2, 0.25) is 5.02 Å². The number of benzene rings is 2. The summed E-state index contributed by atoms with van der Waals surface area (Å²) in [5.41, 5.74) is 1.05. The van der Waals surface area contributed by atoms with Gasteiger partial charge >= 0.3 is 12.0 Å². The van der Waals surface area contributed by atoms with E-state index in [9.17, 15) is 19.2 Å². The third kappa shape index (κ3) is 5.68. The van der Waals surface area contributed by atoms with E-state index in [4.69, 9.17) is 16.7 Å². The van der Waals surface area contributed by atoms with Crippen LogP contribution in [0.25, 0.3) is 10.9 Å². The number of carbonyl (C=O) groups is 4. The van der Waals surface area contributed by atoms with E-state index in [2.05, 4.69) is 5.32 Å². The Hall–Kier alpha value is -4.03. The number of aliphatic carboxylic acids is 1. The molecule has 3 amide bonds. The van der Waals surface area contributed by atoms with Gasteiger partial charge in [-0.05, 0) is 30.2 Å². The molecule has 0 bridgehead atoms. The molecule has 3 heterocycles. The standard InChI is InChI=1S/C29H30ClF2N5O5/c1-34-16-20(19-5-2-3-6-24(19)34)27(41)33-23-15-22(31)18(13-21(23)30)14-25(38)29(32)7-4-8-37(29)28(42)36-11-9-35(10-12-36)17-26(39)40/h2-3,5-6,13,15-16H,4,7-12,14,17H2,1H3,(H,33,41)(H,39,40). The minimum atomic E-state index is -2.62. The Balaban J connectivity index is 1.27. The number of likely N-dealkylation sites (tertiary alicyclic amines) is 1. The number of aromatic nitrogens is 1. The highest BCUT2D eigenvalue weighted by molar-refractivity contribution is 6.34. The summed E-state index contributed by atoms with van der Waals surface area (Å²) in [4.78, 5) is 54.3. The Morgan fingerprint density at radius 1 is 1.07 bits per heavy atom. The number of urea groups is 1. The normalized spacial score (nSPS) is 19.3. The van der Waals surface area contributed by atoms with Crippen LogP contribution in [0.15, 0.2) is 42.6 Å². The quantitative estimate of drug-likeness (QED) is 0.397. The Labute approximate surface area is 245 Å². The van der Waals surface area contributed by atoms with Gasteiger partial charge in [-0.15, -0.1) is 0 Å². The van der Waals surface area contributed by atoms with Crippen LogP contribution < -0.4 is 5.32 Å². The van der Waals surface area contributed by atoms with Crippen molar-refractivity contribution in [3.63, 3.8) is 0 Å². The number of amides is 3. The van der Waals surface area contributed by atoms with Crippen LogP contribution in [-0.2, 0) is 23.1 Å². The van der Waals surface area contributed by atoms with E-state index in [1.54, 1.807) is 34.8 Å². The molecule has 2 saturated heterocycles. The summed E-state index contributed by atoms with van der Waals surface area (Å²) in [7, 11) is 1.80. The SMILES string of the molecule is Cn1cc(C(=O)Nc2cc(F)c(CC(=O)C3(F)CCCN3C(=O)N3CCN(CC(=O)O)CC3)cc2Cl)c2ccccc21. The molecule has 5 rings (SSSR count). The number of nitrogens with one attached hydrogen (secondary N) is 1. The average molecular weight is 602 g/mol. The first kappa shape index (κ1) is 29.5. The molecule has 1 atom stereocenters. The van der Waals surface area contributed by atoms with Crippen LogP contribution in [-0.4, -0.2) is 93.1 Å². The smallest absolute Gasteiger partial charge is 0.322 e. The van der Waals surface area contributed by atoms with Gasteiger partial charge in [0.05, 0.1) is 22.8 Å². The lowest BCUT2D eigenvalue weighted by Crippen LogP contribution is -2.58. The van der Waals surface area contributed by atoms with E-state index < -0.39 is 41.7 Å². The predicted octanol–water partition coefficient (Wildman–Crippen LogP) is 3.92. The highest BCUT2D eigenvalue weighted by atomic mass is 35.5. The number of hydrogen-bond donors (Lipinski definition) is 2. The van der Waals surface area contributed by atoms with Crippen LogP contribution in [0.4, 0.5) is 19.3 Å². The van der Waals surface area contributed by atoms with Crippen molar-refractivity contribution in [3.8, 4) is 0 Å². The largest absolute Gasteiger partial charge is 0.480 e. The molecule has 2 aromatic carbocycles. The third-order valence-corrected chi connectivity index (χ3v) is 8.17. The van der Waals surface area contributed by atoms with E-state index in [-0.39, 0.29) is 55.3 Å². The predicted molar refractivity (Wildman–Crippen MR) is 152 cm³/mol. The Kier molecular flexibility index (Phi) is 8.20. The van der Waals surface area contributed by atoms with E-state index >= 15 is 8.78 Å². The molecule has 222 valence electrons. The number of Topliss-reactive ketones (excluding diaryl/α,β-unsaturated/α-hetero) is 1. The number of rotatable bonds is 7. The van der Waals surface area contributed by atoms with Crippen molar-refractivity contribution in [1.82, 2.24) is 19.3 Å². The van der Waals surface area contributed by atoms with Crippen LogP contribution in [0.3, 0.4) is 0 Å². The number of anilines is 1. The molecule has 2 aliphatic heterocycles. The summed E-state index contributed by atoms with van der Waals surface area (Å²) in [5.74, 6) is -5.91. The zero-order valence-electron chi connectivity index (χ0n) is 22.9. The molecule has 2 fully saturated rings. The van der Waals surface area contributed by atoms with Crippen molar-refractivity contribution < 1.29 is 33.1 Å². The zero-order chi connectivity index (χ0) is 30.2. The maximum Gasteiger partial charge on any atom is 0.322 e. The molecule has 1 aromatic heterocycles. The maximum absolute atomic E-state index is 16.1. The van der Waals surface area contributed by atoms with E-state index in [1.165, 1.54) is 11.0 Å². The molecule has 0 aliphatic carbocycles. The maximum atomic E-state index is 16.1. The monoisotopic (exact) mass is 601 g/mol. The van der Waals surface area contributed by atoms with Crippen molar-refractivity contribution in [3.05, 3.63) is 64.6 Å². The van der Waals surface area contributed by atoms with Gasteiger partial charge < -0.3 is 19.9 Å². The number of carboxylic acids is 1. The van der Waals surface area contributed by atoms with Gasteiger partial charge in [-0.1, -0.05) is 29.8 Å². The summed E-state index contributed by atoms with van der Waals surface area (Å²) in [6.07, 6.45) is 1.05. The number of carboxylic acid groups (broad SMARTS) is 1. The molecule has 0 spiro atoms. The lowest BCUT2D eigenvalue weighted by atomic mass is 9.99. The number of halogens is 3. The van der Waals surface area contributed by atoms with Gasteiger partial charge in [0, 0.05) is 69.7 Å². The fourth-order valence-corrected chi connectivity index (χ4v) is 5.85. The molecule has 0 saturated carbocycles. The van der Waals surface area contributed by atoms with Crippen LogP contribution in [0, 0.1) is 5.82 Å². The Morgan fingerprint density at radius 2 is 1.79 bits per heavy atom. The summed E-state index contributed by atoms with van der Waals surface area (Å²) >= 11 is 6.35. The minimum Gasteiger partial charge on any atom is -0.480 e. The molecular formula is C29H30ClF2N5O5. The fraction of sp³-hybridized carbons (Fsp3) is 0.379. The number of ketones is 1. The number of alkyl halides is 1. The highest BCUT2D eigenvalue weighted by Gasteiger charge is 2.51. The van der Waals surface area contributed by atoms with Crippen molar-refractivity contribution in [2.75, 3.05) is 44.6 Å². The average Bonchev–Trinajstić information content (AvgIpc) is 3.52. The van der Waals surface area contributed by atoms with Crippen LogP contribution in [0.1, 0.15) is 28.8 Å². The number of piperazine rings is 1. The van der Waals surface area contributed by atoms with Crippen molar-refractivity contribution in [2.45, 2.75) is 25.1 Å². The summed E-state index contributed by atoms with van der Waals surface area (Å²) < 4.78 is 33.1. The van der Waals surface area contributed by atoms with Gasteiger partial charge in [0.2, 0.25) is 5.79 Å².